The van der Waals surface area contributed by atoms with Crippen LogP contribution < -0.4 is 0 Å². The summed E-state index contributed by atoms with van der Waals surface area (Å²) >= 11 is 0. The van der Waals surface area contributed by atoms with Gasteiger partial charge in [0.05, 0.1) is 5.52 Å². The first-order chi connectivity index (χ1) is 7.97. The molecule has 4 nitrogen and oxygen atoms in total. The van der Waals surface area contributed by atoms with Crippen LogP contribution in [-0.4, -0.2) is 31.2 Å². The fourth-order valence-electron chi connectivity index (χ4n) is 1.65. The molecule has 0 aliphatic carbocycles. The van der Waals surface area contributed by atoms with Gasteiger partial charge in [-0.25, -0.2) is 8.42 Å². The van der Waals surface area contributed by atoms with E-state index in [1.165, 1.54) is 0 Å². The number of para-hydroxylation sites is 1. The van der Waals surface area contributed by atoms with Gasteiger partial charge in [-0.15, -0.1) is 0 Å². The zero-order valence-corrected chi connectivity index (χ0v) is 10.1. The van der Waals surface area contributed by atoms with Gasteiger partial charge in [0.15, 0.2) is 15.6 Å². The van der Waals surface area contributed by atoms with Gasteiger partial charge < -0.3 is 0 Å². The maximum Gasteiger partial charge on any atom is 0.180 e. The van der Waals surface area contributed by atoms with Crippen LogP contribution in [0, 0.1) is 0 Å². The lowest BCUT2D eigenvalue weighted by Gasteiger charge is -2.03. The summed E-state index contributed by atoms with van der Waals surface area (Å²) in [6.07, 6.45) is 2.63. The third kappa shape index (κ3) is 2.68. The molecule has 0 bridgehead atoms. The second-order valence-corrected chi connectivity index (χ2v) is 6.01. The summed E-state index contributed by atoms with van der Waals surface area (Å²) in [5.41, 5.74) is 0.900. The maximum atomic E-state index is 11.9. The Morgan fingerprint density at radius 2 is 1.94 bits per heavy atom. The number of hydrogen-bond donors (Lipinski definition) is 0. The van der Waals surface area contributed by atoms with Crippen LogP contribution in [0.5, 0.6) is 0 Å². The summed E-state index contributed by atoms with van der Waals surface area (Å²) in [6.45, 7) is 0. The minimum Gasteiger partial charge on any atom is -0.293 e. The molecule has 0 saturated heterocycles. The van der Waals surface area contributed by atoms with E-state index in [0.29, 0.717) is 11.1 Å². The molecule has 1 heterocycles. The van der Waals surface area contributed by atoms with Crippen molar-refractivity contribution in [2.75, 3.05) is 12.0 Å². The Balaban J connectivity index is 2.52. The van der Waals surface area contributed by atoms with E-state index in [9.17, 15) is 13.2 Å². The summed E-state index contributed by atoms with van der Waals surface area (Å²) in [5, 5.41) is 0.826. The van der Waals surface area contributed by atoms with E-state index in [-0.39, 0.29) is 0 Å². The van der Waals surface area contributed by atoms with Crippen LogP contribution in [0.4, 0.5) is 0 Å². The molecule has 0 atom stereocenters. The van der Waals surface area contributed by atoms with Crippen LogP contribution in [0.15, 0.2) is 36.5 Å². The van der Waals surface area contributed by atoms with Gasteiger partial charge in [0.1, 0.15) is 5.75 Å². The molecule has 0 spiro atoms. The summed E-state index contributed by atoms with van der Waals surface area (Å²) in [5.74, 6) is -0.903. The van der Waals surface area contributed by atoms with Crippen molar-refractivity contribution in [3.8, 4) is 0 Å². The molecule has 0 aliphatic heterocycles. The quantitative estimate of drug-likeness (QED) is 0.772. The minimum atomic E-state index is -3.32. The van der Waals surface area contributed by atoms with Crippen molar-refractivity contribution in [2.45, 2.75) is 0 Å². The first-order valence-electron chi connectivity index (χ1n) is 5.02. The molecule has 1 aromatic carbocycles. The van der Waals surface area contributed by atoms with Gasteiger partial charge >= 0.3 is 0 Å². The number of ketones is 1. The Morgan fingerprint density at radius 3 is 2.65 bits per heavy atom. The van der Waals surface area contributed by atoms with E-state index in [1.54, 1.807) is 24.4 Å². The van der Waals surface area contributed by atoms with Gasteiger partial charge in [-0.2, -0.15) is 0 Å². The molecular formula is C12H11NO3S. The third-order valence-corrected chi connectivity index (χ3v) is 3.11. The third-order valence-electron chi connectivity index (χ3n) is 2.33. The lowest BCUT2D eigenvalue weighted by Crippen LogP contribution is -2.15. The number of Topliss-reactive ketones (excluding diaryl/α,β-unsaturated/α-hetero) is 1. The average Bonchev–Trinajstić information content (AvgIpc) is 2.26. The Kier molecular flexibility index (Phi) is 2.93. The summed E-state index contributed by atoms with van der Waals surface area (Å²) in [7, 11) is -3.32. The van der Waals surface area contributed by atoms with Crippen LogP contribution in [-0.2, 0) is 9.84 Å². The summed E-state index contributed by atoms with van der Waals surface area (Å²) in [6, 6.07) is 8.76. The molecule has 1 aromatic heterocycles. The lowest BCUT2D eigenvalue weighted by atomic mass is 10.1. The number of carbonyl (C=O) groups excluding carboxylic acids is 1. The number of hydrogen-bond acceptors (Lipinski definition) is 4. The molecule has 88 valence electrons. The number of rotatable bonds is 3. The van der Waals surface area contributed by atoms with Gasteiger partial charge in [-0.3, -0.25) is 9.78 Å². The van der Waals surface area contributed by atoms with E-state index in [4.69, 9.17) is 0 Å². The number of benzene rings is 1. The fourth-order valence-corrected chi connectivity index (χ4v) is 2.28. The van der Waals surface area contributed by atoms with Crippen LogP contribution in [0.25, 0.3) is 10.9 Å². The van der Waals surface area contributed by atoms with Gasteiger partial charge in [0, 0.05) is 23.4 Å². The van der Waals surface area contributed by atoms with E-state index in [1.807, 2.05) is 12.1 Å². The number of aromatic nitrogens is 1. The highest BCUT2D eigenvalue weighted by atomic mass is 32.2. The number of sulfone groups is 1. The van der Waals surface area contributed by atoms with Crippen molar-refractivity contribution in [3.63, 3.8) is 0 Å². The number of fused-ring (bicyclic) bond motifs is 1. The predicted octanol–water partition coefficient (Wildman–Crippen LogP) is 1.46. The van der Waals surface area contributed by atoms with Gasteiger partial charge in [-0.1, -0.05) is 18.2 Å². The molecule has 2 rings (SSSR count). The highest BCUT2D eigenvalue weighted by Crippen LogP contribution is 2.16. The molecule has 0 fully saturated rings. The minimum absolute atomic E-state index is 0.355. The van der Waals surface area contributed by atoms with E-state index >= 15 is 0 Å². The molecule has 2 aromatic rings. The Labute approximate surface area is 99.2 Å². The molecule has 0 unspecified atom stereocenters. The van der Waals surface area contributed by atoms with Crippen molar-refractivity contribution >= 4 is 26.5 Å². The van der Waals surface area contributed by atoms with Crippen LogP contribution >= 0.6 is 0 Å². The fraction of sp³-hybridized carbons (Fsp3) is 0.167. The Bertz CT molecular complexity index is 672. The van der Waals surface area contributed by atoms with Gasteiger partial charge in [0.25, 0.3) is 0 Å². The highest BCUT2D eigenvalue weighted by molar-refractivity contribution is 7.91. The van der Waals surface area contributed by atoms with E-state index in [0.717, 1.165) is 11.6 Å². The topological polar surface area (TPSA) is 64.1 Å². The molecule has 0 amide bonds. The molecule has 17 heavy (non-hydrogen) atoms. The second kappa shape index (κ2) is 4.25. The number of nitrogens with zero attached hydrogens (tertiary/aromatic N) is 1. The van der Waals surface area contributed by atoms with Gasteiger partial charge in [0.2, 0.25) is 0 Å². The summed E-state index contributed by atoms with van der Waals surface area (Å²) in [4.78, 5) is 16.0. The van der Waals surface area contributed by atoms with E-state index < -0.39 is 21.4 Å². The van der Waals surface area contributed by atoms with Crippen molar-refractivity contribution in [3.05, 3.63) is 42.1 Å². The van der Waals surface area contributed by atoms with Crippen LogP contribution in [0.3, 0.4) is 0 Å². The monoisotopic (exact) mass is 249 g/mol. The first-order valence-corrected chi connectivity index (χ1v) is 7.08. The highest BCUT2D eigenvalue weighted by Gasteiger charge is 2.15. The lowest BCUT2D eigenvalue weighted by molar-refractivity contribution is 0.102. The predicted molar refractivity (Wildman–Crippen MR) is 65.8 cm³/mol. The number of carbonyl (C=O) groups is 1. The smallest absolute Gasteiger partial charge is 0.180 e. The van der Waals surface area contributed by atoms with Crippen molar-refractivity contribution in [2.24, 2.45) is 0 Å². The molecular weight excluding hydrogens is 238 g/mol. The van der Waals surface area contributed by atoms with Crippen molar-refractivity contribution < 1.29 is 13.2 Å². The molecule has 0 aliphatic rings. The largest absolute Gasteiger partial charge is 0.293 e. The molecule has 0 saturated carbocycles. The van der Waals surface area contributed by atoms with E-state index in [2.05, 4.69) is 4.98 Å². The second-order valence-electron chi connectivity index (χ2n) is 3.87. The molecule has 0 N–H and O–H groups in total. The zero-order valence-electron chi connectivity index (χ0n) is 9.25. The normalized spacial score (nSPS) is 11.6. The Hall–Kier alpha value is -1.75. The van der Waals surface area contributed by atoms with Crippen molar-refractivity contribution in [1.29, 1.82) is 0 Å². The van der Waals surface area contributed by atoms with Crippen LogP contribution in [0.2, 0.25) is 0 Å². The summed E-state index contributed by atoms with van der Waals surface area (Å²) < 4.78 is 22.2. The van der Waals surface area contributed by atoms with Crippen molar-refractivity contribution in [1.82, 2.24) is 4.98 Å². The average molecular weight is 249 g/mol. The van der Waals surface area contributed by atoms with Crippen LogP contribution in [0.1, 0.15) is 10.4 Å². The number of pyridine rings is 1. The molecule has 5 heteroatoms. The molecule has 0 radical (unpaired) electrons. The SMILES string of the molecule is CS(=O)(=O)CC(=O)c1cccc2cccnc12. The zero-order chi connectivity index (χ0) is 12.5. The standard InChI is InChI=1S/C12H11NO3S/c1-17(15,16)8-11(14)10-6-2-4-9-5-3-7-13-12(9)10/h2-7H,8H2,1H3. The van der Waals surface area contributed by atoms with Gasteiger partial charge in [-0.05, 0) is 12.1 Å². The maximum absolute atomic E-state index is 11.9. The first kappa shape index (κ1) is 11.7. The Morgan fingerprint density at radius 1 is 1.24 bits per heavy atom.